The van der Waals surface area contributed by atoms with Crippen molar-refractivity contribution in [2.75, 3.05) is 52.3 Å². The van der Waals surface area contributed by atoms with Crippen LogP contribution in [0.25, 0.3) is 0 Å². The first kappa shape index (κ1) is 19.4. The Hall–Kier alpha value is -1.95. The summed E-state index contributed by atoms with van der Waals surface area (Å²) in [5.74, 6) is 2.92. The molecule has 1 aliphatic heterocycles. The fourth-order valence-corrected chi connectivity index (χ4v) is 3.18. The molecule has 0 saturated carbocycles. The molecule has 6 nitrogen and oxygen atoms in total. The molecule has 0 radical (unpaired) electrons. The minimum absolute atomic E-state index is 0.614. The molecule has 0 amide bonds. The molecule has 0 spiro atoms. The van der Waals surface area contributed by atoms with Crippen molar-refractivity contribution in [1.29, 1.82) is 0 Å². The summed E-state index contributed by atoms with van der Waals surface area (Å²) in [6.45, 7) is 9.34. The predicted octanol–water partition coefficient (Wildman–Crippen LogP) is 2.81. The van der Waals surface area contributed by atoms with Gasteiger partial charge < -0.3 is 25.0 Å². The van der Waals surface area contributed by atoms with E-state index in [0.717, 1.165) is 23.9 Å². The first-order valence-corrected chi connectivity index (χ1v) is 9.21. The molecule has 0 bridgehead atoms. The monoisotopic (exact) mass is 348 g/mol. The zero-order chi connectivity index (χ0) is 18.1. The number of hydrogen-bond acceptors (Lipinski definition) is 4. The Labute approximate surface area is 151 Å². The van der Waals surface area contributed by atoms with Crippen molar-refractivity contribution in [3.05, 3.63) is 18.2 Å². The van der Waals surface area contributed by atoms with E-state index in [1.807, 2.05) is 25.1 Å². The molecular weight excluding hydrogens is 316 g/mol. The molecule has 1 heterocycles. The van der Waals surface area contributed by atoms with Gasteiger partial charge in [-0.25, -0.2) is 0 Å². The highest BCUT2D eigenvalue weighted by atomic mass is 16.5. The molecule has 1 unspecified atom stereocenters. The van der Waals surface area contributed by atoms with Crippen molar-refractivity contribution in [2.24, 2.45) is 10.9 Å². The fraction of sp³-hybridized carbons (Fsp3) is 0.632. The van der Waals surface area contributed by atoms with E-state index in [9.17, 15) is 0 Å². The van der Waals surface area contributed by atoms with Crippen molar-refractivity contribution >= 4 is 11.6 Å². The Balaban J connectivity index is 1.87. The highest BCUT2D eigenvalue weighted by molar-refractivity contribution is 5.93. The number of rotatable bonds is 8. The van der Waals surface area contributed by atoms with Crippen LogP contribution in [0.3, 0.4) is 0 Å². The van der Waals surface area contributed by atoms with Crippen LogP contribution in [-0.2, 0) is 0 Å². The average Bonchev–Trinajstić information content (AvgIpc) is 3.07. The minimum Gasteiger partial charge on any atom is -0.493 e. The lowest BCUT2D eigenvalue weighted by atomic mass is 10.1. The molecule has 2 rings (SSSR count). The molecule has 6 heteroatoms. The van der Waals surface area contributed by atoms with Crippen LogP contribution >= 0.6 is 0 Å². The minimum atomic E-state index is 0.614. The maximum atomic E-state index is 5.56. The zero-order valence-electron chi connectivity index (χ0n) is 16.0. The quantitative estimate of drug-likeness (QED) is 0.559. The highest BCUT2D eigenvalue weighted by Gasteiger charge is 2.21. The van der Waals surface area contributed by atoms with Crippen molar-refractivity contribution in [3.63, 3.8) is 0 Å². The maximum Gasteiger partial charge on any atom is 0.195 e. The molecule has 1 aromatic rings. The molecular formula is C19H32N4O2. The average molecular weight is 348 g/mol. The van der Waals surface area contributed by atoms with Crippen molar-refractivity contribution in [3.8, 4) is 11.5 Å². The fourth-order valence-electron chi connectivity index (χ4n) is 3.18. The number of methoxy groups -OCH3 is 1. The molecule has 1 fully saturated rings. The molecule has 1 aromatic carbocycles. The molecule has 2 N–H and O–H groups in total. The number of hydrogen-bond donors (Lipinski definition) is 2. The van der Waals surface area contributed by atoms with E-state index in [4.69, 9.17) is 9.47 Å². The molecule has 0 aromatic heterocycles. The molecule has 1 aliphatic rings. The molecule has 0 aliphatic carbocycles. The van der Waals surface area contributed by atoms with Gasteiger partial charge in [0.25, 0.3) is 0 Å². The second-order valence-corrected chi connectivity index (χ2v) is 6.33. The van der Waals surface area contributed by atoms with Crippen LogP contribution in [0.4, 0.5) is 5.69 Å². The lowest BCUT2D eigenvalue weighted by Crippen LogP contribution is -2.35. The van der Waals surface area contributed by atoms with Crippen LogP contribution in [-0.4, -0.2) is 57.8 Å². The Morgan fingerprint density at radius 3 is 2.84 bits per heavy atom. The Kier molecular flexibility index (Phi) is 7.85. The predicted molar refractivity (Wildman–Crippen MR) is 104 cm³/mol. The van der Waals surface area contributed by atoms with Crippen LogP contribution in [0.1, 0.15) is 26.7 Å². The van der Waals surface area contributed by atoms with Crippen LogP contribution in [0.15, 0.2) is 23.2 Å². The summed E-state index contributed by atoms with van der Waals surface area (Å²) in [7, 11) is 3.44. The highest BCUT2D eigenvalue weighted by Crippen LogP contribution is 2.30. The summed E-state index contributed by atoms with van der Waals surface area (Å²) in [4.78, 5) is 6.86. The number of guanidine groups is 1. The van der Waals surface area contributed by atoms with Gasteiger partial charge >= 0.3 is 0 Å². The van der Waals surface area contributed by atoms with E-state index in [-0.39, 0.29) is 0 Å². The van der Waals surface area contributed by atoms with Gasteiger partial charge in [0, 0.05) is 31.9 Å². The van der Waals surface area contributed by atoms with Gasteiger partial charge in [0.05, 0.1) is 13.7 Å². The number of benzene rings is 1. The van der Waals surface area contributed by atoms with E-state index in [1.165, 1.54) is 32.5 Å². The molecule has 140 valence electrons. The van der Waals surface area contributed by atoms with E-state index < -0.39 is 0 Å². The van der Waals surface area contributed by atoms with E-state index in [1.54, 1.807) is 14.2 Å². The third-order valence-electron chi connectivity index (χ3n) is 4.42. The summed E-state index contributed by atoms with van der Waals surface area (Å²) in [5, 5.41) is 6.76. The van der Waals surface area contributed by atoms with Gasteiger partial charge in [-0.2, -0.15) is 0 Å². The first-order valence-electron chi connectivity index (χ1n) is 9.21. The van der Waals surface area contributed by atoms with Crippen LogP contribution in [0.2, 0.25) is 0 Å². The van der Waals surface area contributed by atoms with Gasteiger partial charge in [-0.15, -0.1) is 0 Å². The second kappa shape index (κ2) is 10.1. The number of likely N-dealkylation sites (tertiary alicyclic amines) is 1. The van der Waals surface area contributed by atoms with Crippen LogP contribution in [0.5, 0.6) is 11.5 Å². The van der Waals surface area contributed by atoms with E-state index >= 15 is 0 Å². The molecule has 1 saturated heterocycles. The summed E-state index contributed by atoms with van der Waals surface area (Å²) in [6, 6.07) is 5.81. The number of ether oxygens (including phenoxy) is 2. The smallest absolute Gasteiger partial charge is 0.195 e. The first-order chi connectivity index (χ1) is 12.2. The molecule has 1 atom stereocenters. The lowest BCUT2D eigenvalue weighted by molar-refractivity contribution is 0.311. The largest absolute Gasteiger partial charge is 0.493 e. The summed E-state index contributed by atoms with van der Waals surface area (Å²) in [6.07, 6.45) is 2.48. The van der Waals surface area contributed by atoms with Gasteiger partial charge in [0.1, 0.15) is 0 Å². The van der Waals surface area contributed by atoms with E-state index in [0.29, 0.717) is 18.3 Å². The van der Waals surface area contributed by atoms with Crippen LogP contribution < -0.4 is 20.1 Å². The zero-order valence-corrected chi connectivity index (χ0v) is 16.0. The van der Waals surface area contributed by atoms with Gasteiger partial charge in [-0.3, -0.25) is 4.99 Å². The third-order valence-corrected chi connectivity index (χ3v) is 4.42. The number of anilines is 1. The summed E-state index contributed by atoms with van der Waals surface area (Å²) in [5.41, 5.74) is 0.924. The van der Waals surface area contributed by atoms with Gasteiger partial charge in [0.2, 0.25) is 0 Å². The number of aliphatic imine (C=N–C) groups is 1. The van der Waals surface area contributed by atoms with Gasteiger partial charge in [-0.1, -0.05) is 6.92 Å². The Morgan fingerprint density at radius 1 is 1.32 bits per heavy atom. The maximum absolute atomic E-state index is 5.56. The van der Waals surface area contributed by atoms with Crippen molar-refractivity contribution in [1.82, 2.24) is 10.2 Å². The van der Waals surface area contributed by atoms with Crippen LogP contribution in [0, 0.1) is 5.92 Å². The number of nitrogens with zero attached hydrogens (tertiary/aromatic N) is 2. The SMILES string of the molecule is CCCN1CCC(CNC(=NC)Nc2ccc(OCC)c(OC)c2)C1. The lowest BCUT2D eigenvalue weighted by Gasteiger charge is -2.17. The van der Waals surface area contributed by atoms with Gasteiger partial charge in [0.15, 0.2) is 17.5 Å². The normalized spacial score (nSPS) is 18.2. The van der Waals surface area contributed by atoms with Gasteiger partial charge in [-0.05, 0) is 50.9 Å². The van der Waals surface area contributed by atoms with Crippen molar-refractivity contribution in [2.45, 2.75) is 26.7 Å². The van der Waals surface area contributed by atoms with Crippen molar-refractivity contribution < 1.29 is 9.47 Å². The molecule has 25 heavy (non-hydrogen) atoms. The standard InChI is InChI=1S/C19H32N4O2/c1-5-10-23-11-9-15(14-23)13-21-19(20-3)22-16-7-8-17(25-6-2)18(12-16)24-4/h7-8,12,15H,5-6,9-11,13-14H2,1-4H3,(H2,20,21,22). The second-order valence-electron chi connectivity index (χ2n) is 6.33. The summed E-state index contributed by atoms with van der Waals surface area (Å²) < 4.78 is 11.0. The van der Waals surface area contributed by atoms with E-state index in [2.05, 4.69) is 27.4 Å². The number of nitrogens with one attached hydrogen (secondary N) is 2. The summed E-state index contributed by atoms with van der Waals surface area (Å²) >= 11 is 0. The topological polar surface area (TPSA) is 58.1 Å². The third kappa shape index (κ3) is 5.81. The Bertz CT molecular complexity index is 562. The Morgan fingerprint density at radius 2 is 2.16 bits per heavy atom.